The van der Waals surface area contributed by atoms with E-state index in [0.717, 1.165) is 6.54 Å². The van der Waals surface area contributed by atoms with Crippen LogP contribution in [0.3, 0.4) is 0 Å². The second kappa shape index (κ2) is 5.17. The number of amides is 1. The van der Waals surface area contributed by atoms with E-state index in [1.807, 2.05) is 25.7 Å². The number of carbonyl (C=O) groups excluding carboxylic acids is 2. The van der Waals surface area contributed by atoms with Crippen LogP contribution in [0.2, 0.25) is 0 Å². The highest BCUT2D eigenvalue weighted by molar-refractivity contribution is 5.93. The number of hydrogen-bond acceptors (Lipinski definition) is 3. The van der Waals surface area contributed by atoms with Crippen LogP contribution in [0.15, 0.2) is 0 Å². The van der Waals surface area contributed by atoms with Crippen molar-refractivity contribution in [1.82, 2.24) is 10.2 Å². The van der Waals surface area contributed by atoms with Crippen LogP contribution in [-0.2, 0) is 9.59 Å². The molecule has 0 saturated carbocycles. The van der Waals surface area contributed by atoms with E-state index in [4.69, 9.17) is 0 Å². The zero-order valence-corrected chi connectivity index (χ0v) is 11.5. The van der Waals surface area contributed by atoms with Gasteiger partial charge in [-0.1, -0.05) is 13.8 Å². The summed E-state index contributed by atoms with van der Waals surface area (Å²) in [7, 11) is 0. The first-order valence-electron chi connectivity index (χ1n) is 6.27. The van der Waals surface area contributed by atoms with Crippen molar-refractivity contribution in [2.45, 2.75) is 52.6 Å². The number of rotatable bonds is 3. The summed E-state index contributed by atoms with van der Waals surface area (Å²) < 4.78 is 0. The smallest absolute Gasteiger partial charge is 0.238 e. The van der Waals surface area contributed by atoms with Gasteiger partial charge in [-0.3, -0.25) is 14.5 Å². The van der Waals surface area contributed by atoms with Crippen molar-refractivity contribution >= 4 is 11.7 Å². The van der Waals surface area contributed by atoms with Gasteiger partial charge in [0.05, 0.1) is 12.6 Å². The van der Waals surface area contributed by atoms with Crippen molar-refractivity contribution in [2.24, 2.45) is 5.92 Å². The number of nitrogens with one attached hydrogen (secondary N) is 1. The molecular formula is C13H24N2O2. The summed E-state index contributed by atoms with van der Waals surface area (Å²) in [6.07, 6.45) is 0.356. The van der Waals surface area contributed by atoms with Crippen LogP contribution in [0.25, 0.3) is 0 Å². The topological polar surface area (TPSA) is 49.4 Å². The van der Waals surface area contributed by atoms with Crippen molar-refractivity contribution in [3.05, 3.63) is 0 Å². The lowest BCUT2D eigenvalue weighted by atomic mass is 10.1. The SMILES string of the molecule is CC(C)CN1CC(=O)C[C@H]1C(=O)NC(C)(C)C. The number of ketones is 1. The van der Waals surface area contributed by atoms with Crippen LogP contribution in [0.5, 0.6) is 0 Å². The molecule has 1 heterocycles. The van der Waals surface area contributed by atoms with Crippen molar-refractivity contribution < 1.29 is 9.59 Å². The molecule has 1 rings (SSSR count). The highest BCUT2D eigenvalue weighted by Crippen LogP contribution is 2.17. The lowest BCUT2D eigenvalue weighted by molar-refractivity contribution is -0.127. The minimum absolute atomic E-state index is 0.0241. The molecule has 17 heavy (non-hydrogen) atoms. The van der Waals surface area contributed by atoms with Crippen molar-refractivity contribution in [3.8, 4) is 0 Å². The van der Waals surface area contributed by atoms with Gasteiger partial charge in [-0.2, -0.15) is 0 Å². The van der Waals surface area contributed by atoms with E-state index in [-0.39, 0.29) is 23.3 Å². The highest BCUT2D eigenvalue weighted by atomic mass is 16.2. The number of hydrogen-bond donors (Lipinski definition) is 1. The van der Waals surface area contributed by atoms with E-state index < -0.39 is 0 Å². The Morgan fingerprint density at radius 3 is 2.53 bits per heavy atom. The molecule has 1 fully saturated rings. The fraction of sp³-hybridized carbons (Fsp3) is 0.846. The second-order valence-corrected chi connectivity index (χ2v) is 6.32. The standard InChI is InChI=1S/C13H24N2O2/c1-9(2)7-15-8-10(16)6-11(15)12(17)14-13(3,4)5/h9,11H,6-8H2,1-5H3,(H,14,17)/t11-/m0/s1. The third-order valence-electron chi connectivity index (χ3n) is 2.64. The summed E-state index contributed by atoms with van der Waals surface area (Å²) in [6, 6.07) is -0.274. The van der Waals surface area contributed by atoms with Crippen molar-refractivity contribution in [1.29, 1.82) is 0 Å². The number of carbonyl (C=O) groups is 2. The fourth-order valence-corrected chi connectivity index (χ4v) is 2.12. The molecule has 0 aromatic heterocycles. The molecule has 0 unspecified atom stereocenters. The first-order valence-corrected chi connectivity index (χ1v) is 6.27. The van der Waals surface area contributed by atoms with Crippen LogP contribution in [0.4, 0.5) is 0 Å². The molecule has 98 valence electrons. The van der Waals surface area contributed by atoms with Crippen LogP contribution in [0, 0.1) is 5.92 Å². The Morgan fingerprint density at radius 1 is 1.47 bits per heavy atom. The van der Waals surface area contributed by atoms with Crippen molar-refractivity contribution in [2.75, 3.05) is 13.1 Å². The molecule has 4 heteroatoms. The fourth-order valence-electron chi connectivity index (χ4n) is 2.12. The summed E-state index contributed by atoms with van der Waals surface area (Å²) in [5.41, 5.74) is -0.244. The van der Waals surface area contributed by atoms with E-state index in [0.29, 0.717) is 18.9 Å². The van der Waals surface area contributed by atoms with Gasteiger partial charge in [0.15, 0.2) is 0 Å². The van der Waals surface area contributed by atoms with E-state index in [1.165, 1.54) is 0 Å². The molecule has 0 spiro atoms. The zero-order chi connectivity index (χ0) is 13.2. The Morgan fingerprint density at radius 2 is 2.06 bits per heavy atom. The van der Waals surface area contributed by atoms with E-state index in [1.54, 1.807) is 0 Å². The average molecular weight is 240 g/mol. The Bertz CT molecular complexity index is 305. The average Bonchev–Trinajstić information content (AvgIpc) is 2.42. The Balaban J connectivity index is 2.66. The summed E-state index contributed by atoms with van der Waals surface area (Å²) >= 11 is 0. The molecule has 1 aliphatic heterocycles. The molecule has 0 aromatic carbocycles. The predicted octanol–water partition coefficient (Wildman–Crippen LogP) is 1.20. The molecule has 1 aliphatic rings. The molecule has 0 aromatic rings. The number of likely N-dealkylation sites (tertiary alicyclic amines) is 1. The number of nitrogens with zero attached hydrogens (tertiary/aromatic N) is 1. The van der Waals surface area contributed by atoms with E-state index in [2.05, 4.69) is 19.2 Å². The molecule has 1 N–H and O–H groups in total. The van der Waals surface area contributed by atoms with Gasteiger partial charge >= 0.3 is 0 Å². The van der Waals surface area contributed by atoms with Gasteiger partial charge in [-0.15, -0.1) is 0 Å². The van der Waals surface area contributed by atoms with Crippen molar-refractivity contribution in [3.63, 3.8) is 0 Å². The zero-order valence-electron chi connectivity index (χ0n) is 11.5. The summed E-state index contributed by atoms with van der Waals surface area (Å²) in [5.74, 6) is 0.606. The summed E-state index contributed by atoms with van der Waals surface area (Å²) in [4.78, 5) is 25.6. The first-order chi connectivity index (χ1) is 7.69. The van der Waals surface area contributed by atoms with Gasteiger partial charge in [-0.05, 0) is 26.7 Å². The Hall–Kier alpha value is -0.900. The molecule has 0 aliphatic carbocycles. The third-order valence-corrected chi connectivity index (χ3v) is 2.64. The van der Waals surface area contributed by atoms with Gasteiger partial charge in [0.2, 0.25) is 5.91 Å². The Labute approximate surface area is 104 Å². The quantitative estimate of drug-likeness (QED) is 0.806. The van der Waals surface area contributed by atoms with Gasteiger partial charge in [0, 0.05) is 18.5 Å². The number of Topliss-reactive ketones (excluding diaryl/α,β-unsaturated/α-hetero) is 1. The third kappa shape index (κ3) is 4.46. The normalized spacial score (nSPS) is 22.2. The second-order valence-electron chi connectivity index (χ2n) is 6.32. The molecule has 1 saturated heterocycles. The predicted molar refractivity (Wildman–Crippen MR) is 67.7 cm³/mol. The summed E-state index contributed by atoms with van der Waals surface area (Å²) in [5, 5.41) is 2.95. The largest absolute Gasteiger partial charge is 0.350 e. The van der Waals surface area contributed by atoms with Crippen LogP contribution < -0.4 is 5.32 Å². The molecule has 0 bridgehead atoms. The molecule has 4 nitrogen and oxygen atoms in total. The van der Waals surface area contributed by atoms with Gasteiger partial charge in [0.25, 0.3) is 0 Å². The maximum absolute atomic E-state index is 12.1. The van der Waals surface area contributed by atoms with Gasteiger partial charge in [-0.25, -0.2) is 0 Å². The van der Waals surface area contributed by atoms with Crippen LogP contribution >= 0.6 is 0 Å². The summed E-state index contributed by atoms with van der Waals surface area (Å²) in [6.45, 7) is 11.3. The molecule has 1 atom stereocenters. The lowest BCUT2D eigenvalue weighted by Crippen LogP contribution is -2.50. The molecular weight excluding hydrogens is 216 g/mol. The Kier molecular flexibility index (Phi) is 4.31. The van der Waals surface area contributed by atoms with Gasteiger partial charge in [0.1, 0.15) is 5.78 Å². The molecule has 0 radical (unpaired) electrons. The van der Waals surface area contributed by atoms with E-state index >= 15 is 0 Å². The lowest BCUT2D eigenvalue weighted by Gasteiger charge is -2.28. The monoisotopic (exact) mass is 240 g/mol. The minimum atomic E-state index is -0.274. The van der Waals surface area contributed by atoms with Crippen LogP contribution in [0.1, 0.15) is 41.0 Å². The molecule has 1 amide bonds. The van der Waals surface area contributed by atoms with Gasteiger partial charge < -0.3 is 5.32 Å². The van der Waals surface area contributed by atoms with E-state index in [9.17, 15) is 9.59 Å². The minimum Gasteiger partial charge on any atom is -0.350 e. The van der Waals surface area contributed by atoms with Crippen LogP contribution in [-0.4, -0.2) is 41.3 Å². The highest BCUT2D eigenvalue weighted by Gasteiger charge is 2.36. The first kappa shape index (κ1) is 14.2. The maximum Gasteiger partial charge on any atom is 0.238 e. The maximum atomic E-state index is 12.1.